The van der Waals surface area contributed by atoms with Crippen molar-refractivity contribution >= 4 is 17.8 Å². The summed E-state index contributed by atoms with van der Waals surface area (Å²) in [6, 6.07) is 18.2. The van der Waals surface area contributed by atoms with Crippen LogP contribution in [0.2, 0.25) is 0 Å². The average molecular weight is 434 g/mol. The summed E-state index contributed by atoms with van der Waals surface area (Å²) in [7, 11) is 0. The van der Waals surface area contributed by atoms with Gasteiger partial charge in [0.2, 0.25) is 5.91 Å². The van der Waals surface area contributed by atoms with Gasteiger partial charge in [0.15, 0.2) is 5.96 Å². The fourth-order valence-electron chi connectivity index (χ4n) is 4.29. The maximum absolute atomic E-state index is 12.6. The van der Waals surface area contributed by atoms with Crippen molar-refractivity contribution in [2.75, 3.05) is 39.3 Å². The topological polar surface area (TPSA) is 77.0 Å². The number of hydrogen-bond donors (Lipinski definition) is 2. The Balaban J connectivity index is 1.38. The second-order valence-corrected chi connectivity index (χ2v) is 8.29. The molecule has 2 fully saturated rings. The van der Waals surface area contributed by atoms with Gasteiger partial charge >= 0.3 is 0 Å². The Hall–Kier alpha value is -3.35. The number of rotatable bonds is 5. The van der Waals surface area contributed by atoms with Crippen molar-refractivity contribution in [1.29, 1.82) is 0 Å². The van der Waals surface area contributed by atoms with E-state index in [0.29, 0.717) is 31.1 Å². The van der Waals surface area contributed by atoms with E-state index in [9.17, 15) is 9.59 Å². The van der Waals surface area contributed by atoms with Gasteiger partial charge < -0.3 is 20.4 Å². The van der Waals surface area contributed by atoms with Crippen LogP contribution < -0.4 is 10.6 Å². The fraction of sp³-hybridized carbons (Fsp3) is 0.400. The zero-order valence-electron chi connectivity index (χ0n) is 18.6. The van der Waals surface area contributed by atoms with Crippen LogP contribution in [0.25, 0.3) is 0 Å². The van der Waals surface area contributed by atoms with Crippen LogP contribution in [-0.4, -0.2) is 66.8 Å². The number of benzene rings is 2. The molecule has 0 aromatic heterocycles. The minimum absolute atomic E-state index is 0.104. The summed E-state index contributed by atoms with van der Waals surface area (Å²) >= 11 is 0. The highest BCUT2D eigenvalue weighted by Gasteiger charge is 2.26. The molecule has 2 aromatic rings. The minimum Gasteiger partial charge on any atom is -0.357 e. The molecule has 0 radical (unpaired) electrons. The van der Waals surface area contributed by atoms with Gasteiger partial charge in [-0.05, 0) is 36.6 Å². The Morgan fingerprint density at radius 3 is 2.59 bits per heavy atom. The number of piperazine rings is 1. The summed E-state index contributed by atoms with van der Waals surface area (Å²) in [6.07, 6.45) is 1.12. The van der Waals surface area contributed by atoms with Crippen LogP contribution >= 0.6 is 0 Å². The molecule has 1 atom stereocenters. The van der Waals surface area contributed by atoms with Gasteiger partial charge in [0.25, 0.3) is 5.91 Å². The summed E-state index contributed by atoms with van der Waals surface area (Å²) in [5, 5.41) is 6.16. The Morgan fingerprint density at radius 1 is 1.09 bits per heavy atom. The fourth-order valence-corrected chi connectivity index (χ4v) is 4.29. The number of nitrogens with one attached hydrogen (secondary N) is 2. The molecule has 168 valence electrons. The molecule has 2 aromatic carbocycles. The molecule has 0 bridgehead atoms. The van der Waals surface area contributed by atoms with Crippen molar-refractivity contribution in [1.82, 2.24) is 20.4 Å². The standard InChI is InChI=1S/C25H31N5O2/c1-2-26-25(30-14-12-22(17-30)20-6-4-3-5-7-20)28-16-19-8-10-21(11-9-19)24(32)29-15-13-27-23(31)18-29/h3-11,22H,2,12-18H2,1H3,(H,26,28)(H,27,31). The molecule has 2 aliphatic rings. The molecule has 4 rings (SSSR count). The number of carbonyl (C=O) groups is 2. The molecule has 2 amide bonds. The summed E-state index contributed by atoms with van der Waals surface area (Å²) in [6.45, 7) is 6.58. The molecule has 2 N–H and O–H groups in total. The zero-order chi connectivity index (χ0) is 22.3. The lowest BCUT2D eigenvalue weighted by Gasteiger charge is -2.26. The molecule has 2 saturated heterocycles. The van der Waals surface area contributed by atoms with Crippen LogP contribution in [0.15, 0.2) is 59.6 Å². The van der Waals surface area contributed by atoms with Crippen LogP contribution in [0.3, 0.4) is 0 Å². The normalized spacial score (nSPS) is 19.1. The first-order valence-electron chi connectivity index (χ1n) is 11.4. The van der Waals surface area contributed by atoms with Crippen molar-refractivity contribution < 1.29 is 9.59 Å². The van der Waals surface area contributed by atoms with E-state index in [2.05, 4.69) is 52.8 Å². The number of guanidine groups is 1. The number of hydrogen-bond acceptors (Lipinski definition) is 3. The van der Waals surface area contributed by atoms with E-state index < -0.39 is 0 Å². The van der Waals surface area contributed by atoms with Gasteiger partial charge in [-0.2, -0.15) is 0 Å². The molecule has 2 heterocycles. The second-order valence-electron chi connectivity index (χ2n) is 8.29. The third kappa shape index (κ3) is 5.28. The highest BCUT2D eigenvalue weighted by atomic mass is 16.2. The van der Waals surface area contributed by atoms with Crippen molar-refractivity contribution in [3.8, 4) is 0 Å². The lowest BCUT2D eigenvalue weighted by Crippen LogP contribution is -2.49. The molecule has 32 heavy (non-hydrogen) atoms. The van der Waals surface area contributed by atoms with E-state index in [0.717, 1.165) is 37.6 Å². The van der Waals surface area contributed by atoms with Gasteiger partial charge in [0.05, 0.1) is 13.1 Å². The minimum atomic E-state index is -0.108. The van der Waals surface area contributed by atoms with E-state index in [1.54, 1.807) is 4.90 Å². The Bertz CT molecular complexity index is 958. The van der Waals surface area contributed by atoms with Gasteiger partial charge in [-0.1, -0.05) is 42.5 Å². The highest BCUT2D eigenvalue weighted by Crippen LogP contribution is 2.27. The SMILES string of the molecule is CCNC(=NCc1ccc(C(=O)N2CCNC(=O)C2)cc1)N1CCC(c2ccccc2)C1. The number of aliphatic imine (C=N–C) groups is 1. The van der Waals surface area contributed by atoms with Gasteiger partial charge in [0.1, 0.15) is 0 Å². The average Bonchev–Trinajstić information content (AvgIpc) is 3.32. The Morgan fingerprint density at radius 2 is 1.88 bits per heavy atom. The quantitative estimate of drug-likeness (QED) is 0.560. The van der Waals surface area contributed by atoms with Crippen molar-refractivity contribution in [3.05, 3.63) is 71.3 Å². The molecule has 0 spiro atoms. The van der Waals surface area contributed by atoms with Gasteiger partial charge in [-0.3, -0.25) is 9.59 Å². The van der Waals surface area contributed by atoms with E-state index in [1.807, 2.05) is 24.3 Å². The number of nitrogens with zero attached hydrogens (tertiary/aromatic N) is 3. The van der Waals surface area contributed by atoms with E-state index in [1.165, 1.54) is 5.56 Å². The first-order valence-corrected chi connectivity index (χ1v) is 11.4. The van der Waals surface area contributed by atoms with Crippen molar-refractivity contribution in [3.63, 3.8) is 0 Å². The van der Waals surface area contributed by atoms with Gasteiger partial charge in [-0.25, -0.2) is 4.99 Å². The Labute approximate surface area is 189 Å². The molecule has 2 aliphatic heterocycles. The maximum atomic E-state index is 12.6. The third-order valence-electron chi connectivity index (χ3n) is 6.03. The summed E-state index contributed by atoms with van der Waals surface area (Å²) in [4.78, 5) is 33.0. The first kappa shape index (κ1) is 21.9. The number of carbonyl (C=O) groups excluding carboxylic acids is 2. The largest absolute Gasteiger partial charge is 0.357 e. The van der Waals surface area contributed by atoms with Gasteiger partial charge in [-0.15, -0.1) is 0 Å². The van der Waals surface area contributed by atoms with Crippen LogP contribution in [0.5, 0.6) is 0 Å². The molecule has 1 unspecified atom stereocenters. The third-order valence-corrected chi connectivity index (χ3v) is 6.03. The van der Waals surface area contributed by atoms with Gasteiger partial charge in [0, 0.05) is 44.2 Å². The molecule has 7 nitrogen and oxygen atoms in total. The van der Waals surface area contributed by atoms with Crippen molar-refractivity contribution in [2.45, 2.75) is 25.8 Å². The molecular weight excluding hydrogens is 402 g/mol. The van der Waals surface area contributed by atoms with E-state index >= 15 is 0 Å². The maximum Gasteiger partial charge on any atom is 0.254 e. The smallest absolute Gasteiger partial charge is 0.254 e. The number of amides is 2. The molecular formula is C25H31N5O2. The van der Waals surface area contributed by atoms with Crippen LogP contribution in [0.4, 0.5) is 0 Å². The zero-order valence-corrected chi connectivity index (χ0v) is 18.6. The summed E-state index contributed by atoms with van der Waals surface area (Å²) < 4.78 is 0. The predicted molar refractivity (Wildman–Crippen MR) is 126 cm³/mol. The molecule has 0 aliphatic carbocycles. The van der Waals surface area contributed by atoms with Crippen LogP contribution in [-0.2, 0) is 11.3 Å². The Kier molecular flexibility index (Phi) is 7.04. The summed E-state index contributed by atoms with van der Waals surface area (Å²) in [5.41, 5.74) is 3.04. The highest BCUT2D eigenvalue weighted by molar-refractivity contribution is 5.97. The van der Waals surface area contributed by atoms with E-state index in [4.69, 9.17) is 4.99 Å². The van der Waals surface area contributed by atoms with Crippen LogP contribution in [0, 0.1) is 0 Å². The van der Waals surface area contributed by atoms with Crippen LogP contribution in [0.1, 0.15) is 40.7 Å². The predicted octanol–water partition coefficient (Wildman–Crippen LogP) is 2.21. The second kappa shape index (κ2) is 10.3. The lowest BCUT2D eigenvalue weighted by molar-refractivity contribution is -0.123. The number of likely N-dealkylation sites (tertiary alicyclic amines) is 1. The lowest BCUT2D eigenvalue weighted by atomic mass is 9.99. The first-order chi connectivity index (χ1) is 15.6. The van der Waals surface area contributed by atoms with E-state index in [-0.39, 0.29) is 18.4 Å². The molecule has 7 heteroatoms. The molecule has 0 saturated carbocycles. The van der Waals surface area contributed by atoms with Crippen molar-refractivity contribution in [2.24, 2.45) is 4.99 Å². The summed E-state index contributed by atoms with van der Waals surface area (Å²) in [5.74, 6) is 1.25. The monoisotopic (exact) mass is 433 g/mol.